The third kappa shape index (κ3) is 4.87. The number of hydrogen-bond donors (Lipinski definition) is 1. The lowest BCUT2D eigenvalue weighted by Gasteiger charge is -2.10. The van der Waals surface area contributed by atoms with Crippen LogP contribution in [0.15, 0.2) is 91.4 Å². The first kappa shape index (κ1) is 18.4. The molecule has 0 atom stereocenters. The minimum Gasteiger partial charge on any atom is -0.424 e. The quantitative estimate of drug-likeness (QED) is 0.507. The van der Waals surface area contributed by atoms with Gasteiger partial charge in [-0.3, -0.25) is 4.79 Å². The van der Waals surface area contributed by atoms with Crippen LogP contribution < -0.4 is 10.1 Å². The second kappa shape index (κ2) is 8.84. The Morgan fingerprint density at radius 3 is 2.41 bits per heavy atom. The molecule has 0 spiro atoms. The molecule has 2 heterocycles. The molecule has 0 saturated heterocycles. The topological polar surface area (TPSA) is 69.0 Å². The van der Waals surface area contributed by atoms with Crippen molar-refractivity contribution in [3.8, 4) is 11.8 Å². The van der Waals surface area contributed by atoms with Crippen LogP contribution in [-0.2, 0) is 13.0 Å². The highest BCUT2D eigenvalue weighted by molar-refractivity contribution is 6.03. The molecule has 0 radical (unpaired) electrons. The summed E-state index contributed by atoms with van der Waals surface area (Å²) >= 11 is 0. The lowest BCUT2D eigenvalue weighted by Crippen LogP contribution is -2.17. The lowest BCUT2D eigenvalue weighted by molar-refractivity contribution is 0.101. The Bertz CT molecular complexity index is 1060. The number of hydrogen-bond acceptors (Lipinski definition) is 4. The maximum atomic E-state index is 12.7. The summed E-state index contributed by atoms with van der Waals surface area (Å²) in [7, 11) is 0. The molecule has 144 valence electrons. The average molecular weight is 384 g/mol. The summed E-state index contributed by atoms with van der Waals surface area (Å²) < 4.78 is 7.53. The van der Waals surface area contributed by atoms with Crippen LogP contribution in [0, 0.1) is 0 Å². The van der Waals surface area contributed by atoms with E-state index in [0.29, 0.717) is 17.1 Å². The third-order valence-corrected chi connectivity index (χ3v) is 4.41. The van der Waals surface area contributed by atoms with Gasteiger partial charge in [0, 0.05) is 30.8 Å². The number of nitrogens with zero attached hydrogens (tertiary/aromatic N) is 3. The van der Waals surface area contributed by atoms with E-state index in [1.807, 2.05) is 41.1 Å². The van der Waals surface area contributed by atoms with Gasteiger partial charge in [0.05, 0.1) is 0 Å². The van der Waals surface area contributed by atoms with Crippen molar-refractivity contribution in [2.24, 2.45) is 0 Å². The summed E-state index contributed by atoms with van der Waals surface area (Å²) in [6.07, 6.45) is 6.02. The van der Waals surface area contributed by atoms with Crippen LogP contribution in [0.25, 0.3) is 0 Å². The highest BCUT2D eigenvalue weighted by Crippen LogP contribution is 2.20. The average Bonchev–Trinajstić information content (AvgIpc) is 3.24. The molecule has 6 heteroatoms. The minimum absolute atomic E-state index is 0.150. The third-order valence-electron chi connectivity index (χ3n) is 4.41. The Morgan fingerprint density at radius 2 is 1.66 bits per heavy atom. The van der Waals surface area contributed by atoms with Crippen molar-refractivity contribution >= 4 is 11.6 Å². The molecule has 4 rings (SSSR count). The van der Waals surface area contributed by atoms with E-state index in [1.54, 1.807) is 42.7 Å². The van der Waals surface area contributed by atoms with Crippen LogP contribution in [0.4, 0.5) is 5.69 Å². The van der Waals surface area contributed by atoms with E-state index in [-0.39, 0.29) is 11.9 Å². The zero-order valence-corrected chi connectivity index (χ0v) is 15.7. The molecule has 0 aliphatic rings. The molecule has 0 fully saturated rings. The molecule has 0 aliphatic carbocycles. The fraction of sp³-hybridized carbons (Fsp3) is 0.0870. The summed E-state index contributed by atoms with van der Waals surface area (Å²) in [5, 5.41) is 2.93. The number of aromatic nitrogens is 3. The molecule has 2 aromatic heterocycles. The number of carbonyl (C=O) groups is 1. The van der Waals surface area contributed by atoms with Gasteiger partial charge in [0.25, 0.3) is 5.91 Å². The van der Waals surface area contributed by atoms with Crippen LogP contribution in [0.1, 0.15) is 16.1 Å². The largest absolute Gasteiger partial charge is 0.424 e. The van der Waals surface area contributed by atoms with Gasteiger partial charge in [-0.25, -0.2) is 9.97 Å². The SMILES string of the molecule is O=C(Nc1ccc(Oc2ncccn2)cc1)c1cccn1CCc1ccccc1. The maximum absolute atomic E-state index is 12.7. The second-order valence-corrected chi connectivity index (χ2v) is 6.43. The van der Waals surface area contributed by atoms with Gasteiger partial charge in [-0.05, 0) is 54.4 Å². The predicted molar refractivity (Wildman–Crippen MR) is 111 cm³/mol. The molecule has 6 nitrogen and oxygen atoms in total. The number of nitrogens with one attached hydrogen (secondary N) is 1. The molecule has 1 amide bonds. The van der Waals surface area contributed by atoms with Gasteiger partial charge in [-0.15, -0.1) is 0 Å². The van der Waals surface area contributed by atoms with E-state index in [9.17, 15) is 4.79 Å². The molecular formula is C23H20N4O2. The summed E-state index contributed by atoms with van der Waals surface area (Å²) in [6, 6.07) is 23.0. The van der Waals surface area contributed by atoms with Crippen LogP contribution >= 0.6 is 0 Å². The number of aryl methyl sites for hydroxylation is 2. The highest BCUT2D eigenvalue weighted by atomic mass is 16.5. The first-order valence-corrected chi connectivity index (χ1v) is 9.33. The van der Waals surface area contributed by atoms with Crippen LogP contribution in [0.5, 0.6) is 11.8 Å². The summed E-state index contributed by atoms with van der Waals surface area (Å²) in [5.41, 5.74) is 2.55. The number of carbonyl (C=O) groups excluding carboxylic acids is 1. The van der Waals surface area contributed by atoms with E-state index in [2.05, 4.69) is 27.4 Å². The van der Waals surface area contributed by atoms with Gasteiger partial charge in [0.15, 0.2) is 0 Å². The fourth-order valence-electron chi connectivity index (χ4n) is 2.95. The zero-order chi connectivity index (χ0) is 19.9. The van der Waals surface area contributed by atoms with E-state index in [4.69, 9.17) is 4.74 Å². The minimum atomic E-state index is -0.150. The summed E-state index contributed by atoms with van der Waals surface area (Å²) in [5.74, 6) is 0.448. The number of benzene rings is 2. The van der Waals surface area contributed by atoms with Crippen molar-refractivity contribution in [3.05, 3.63) is 103 Å². The predicted octanol–water partition coefficient (Wildman–Crippen LogP) is 4.57. The van der Waals surface area contributed by atoms with E-state index in [0.717, 1.165) is 13.0 Å². The molecule has 0 bridgehead atoms. The van der Waals surface area contributed by atoms with Crippen LogP contribution in [-0.4, -0.2) is 20.4 Å². The van der Waals surface area contributed by atoms with Gasteiger partial charge in [0.2, 0.25) is 0 Å². The lowest BCUT2D eigenvalue weighted by atomic mass is 10.1. The number of rotatable bonds is 7. The molecule has 0 saturated carbocycles. The van der Waals surface area contributed by atoms with Gasteiger partial charge >= 0.3 is 6.01 Å². The van der Waals surface area contributed by atoms with Crippen molar-refractivity contribution in [1.29, 1.82) is 0 Å². The molecule has 2 aromatic carbocycles. The first-order valence-electron chi connectivity index (χ1n) is 9.33. The highest BCUT2D eigenvalue weighted by Gasteiger charge is 2.11. The monoisotopic (exact) mass is 384 g/mol. The Balaban J connectivity index is 1.37. The van der Waals surface area contributed by atoms with Gasteiger partial charge in [-0.1, -0.05) is 30.3 Å². The maximum Gasteiger partial charge on any atom is 0.321 e. The molecular weight excluding hydrogens is 364 g/mol. The number of amides is 1. The van der Waals surface area contributed by atoms with Crippen molar-refractivity contribution in [2.45, 2.75) is 13.0 Å². The van der Waals surface area contributed by atoms with Crippen molar-refractivity contribution in [3.63, 3.8) is 0 Å². The first-order chi connectivity index (χ1) is 14.3. The fourth-order valence-corrected chi connectivity index (χ4v) is 2.95. The van der Waals surface area contributed by atoms with Crippen molar-refractivity contribution in [1.82, 2.24) is 14.5 Å². The van der Waals surface area contributed by atoms with Crippen molar-refractivity contribution in [2.75, 3.05) is 5.32 Å². The number of anilines is 1. The Labute approximate surface area is 168 Å². The van der Waals surface area contributed by atoms with Crippen LogP contribution in [0.2, 0.25) is 0 Å². The van der Waals surface area contributed by atoms with E-state index in [1.165, 1.54) is 5.56 Å². The van der Waals surface area contributed by atoms with Crippen LogP contribution in [0.3, 0.4) is 0 Å². The van der Waals surface area contributed by atoms with E-state index < -0.39 is 0 Å². The Hall–Kier alpha value is -3.93. The normalized spacial score (nSPS) is 10.5. The summed E-state index contributed by atoms with van der Waals surface area (Å²) in [6.45, 7) is 0.740. The van der Waals surface area contributed by atoms with Gasteiger partial charge in [-0.2, -0.15) is 0 Å². The van der Waals surface area contributed by atoms with Gasteiger partial charge in [0.1, 0.15) is 11.4 Å². The molecule has 1 N–H and O–H groups in total. The molecule has 0 unspecified atom stereocenters. The Morgan fingerprint density at radius 1 is 0.897 bits per heavy atom. The zero-order valence-electron chi connectivity index (χ0n) is 15.7. The molecule has 29 heavy (non-hydrogen) atoms. The molecule has 4 aromatic rings. The smallest absolute Gasteiger partial charge is 0.321 e. The molecule has 0 aliphatic heterocycles. The standard InChI is InChI=1S/C23H20N4O2/c28-22(21-8-4-16-27(21)17-13-18-6-2-1-3-7-18)26-19-9-11-20(12-10-19)29-23-24-14-5-15-25-23/h1-12,14-16H,13,17H2,(H,26,28). The Kier molecular flexibility index (Phi) is 5.62. The van der Waals surface area contributed by atoms with Crippen molar-refractivity contribution < 1.29 is 9.53 Å². The second-order valence-electron chi connectivity index (χ2n) is 6.43. The van der Waals surface area contributed by atoms with Gasteiger partial charge < -0.3 is 14.6 Å². The number of ether oxygens (including phenoxy) is 1. The summed E-state index contributed by atoms with van der Waals surface area (Å²) in [4.78, 5) is 20.7. The van der Waals surface area contributed by atoms with E-state index >= 15 is 0 Å².